The largest absolute Gasteiger partial charge is 0.374 e. The summed E-state index contributed by atoms with van der Waals surface area (Å²) in [4.78, 5) is 0. The van der Waals surface area contributed by atoms with E-state index in [9.17, 15) is 0 Å². The number of hydrogen-bond donors (Lipinski definition) is 0. The van der Waals surface area contributed by atoms with E-state index >= 15 is 0 Å². The zero-order chi connectivity index (χ0) is 12.3. The second-order valence-corrected chi connectivity index (χ2v) is 4.89. The zero-order valence-corrected chi connectivity index (χ0v) is 11.8. The summed E-state index contributed by atoms with van der Waals surface area (Å²) in [7, 11) is 0. The third-order valence-corrected chi connectivity index (χ3v) is 3.68. The molecule has 0 spiro atoms. The van der Waals surface area contributed by atoms with E-state index in [0.717, 1.165) is 17.5 Å². The van der Waals surface area contributed by atoms with Gasteiger partial charge in [0.05, 0.1) is 6.10 Å². The van der Waals surface area contributed by atoms with Gasteiger partial charge in [-0.05, 0) is 35.7 Å². The second-order valence-electron chi connectivity index (χ2n) is 4.03. The smallest absolute Gasteiger partial charge is 0.0828 e. The predicted molar refractivity (Wildman–Crippen MR) is 76.3 cm³/mol. The molecule has 0 fully saturated rings. The molecule has 0 radical (unpaired) electrons. The standard InChI is InChI=1S/C15H17BrO/c1-3-15(17-4-2)13-9-10-14(16)12-8-6-5-7-11(12)13/h5-10,15H,3-4H2,1-2H3. The number of ether oxygens (including phenoxy) is 1. The molecule has 0 saturated carbocycles. The quantitative estimate of drug-likeness (QED) is 0.763. The summed E-state index contributed by atoms with van der Waals surface area (Å²) in [6, 6.07) is 12.7. The summed E-state index contributed by atoms with van der Waals surface area (Å²) in [5, 5.41) is 2.53. The lowest BCUT2D eigenvalue weighted by molar-refractivity contribution is 0.0608. The molecule has 0 amide bonds. The van der Waals surface area contributed by atoms with Crippen LogP contribution < -0.4 is 0 Å². The number of fused-ring (bicyclic) bond motifs is 1. The van der Waals surface area contributed by atoms with E-state index in [-0.39, 0.29) is 6.10 Å². The van der Waals surface area contributed by atoms with Crippen LogP contribution in [0, 0.1) is 0 Å². The lowest BCUT2D eigenvalue weighted by atomic mass is 9.99. The Labute approximate surface area is 111 Å². The van der Waals surface area contributed by atoms with Crippen LogP contribution in [0.3, 0.4) is 0 Å². The highest BCUT2D eigenvalue weighted by Crippen LogP contribution is 2.32. The van der Waals surface area contributed by atoms with Gasteiger partial charge in [0.2, 0.25) is 0 Å². The zero-order valence-electron chi connectivity index (χ0n) is 10.2. The van der Waals surface area contributed by atoms with Crippen molar-refractivity contribution in [2.24, 2.45) is 0 Å². The molecule has 0 aliphatic heterocycles. The van der Waals surface area contributed by atoms with Crippen molar-refractivity contribution < 1.29 is 4.74 Å². The van der Waals surface area contributed by atoms with Gasteiger partial charge in [0.1, 0.15) is 0 Å². The molecule has 2 heteroatoms. The third kappa shape index (κ3) is 2.53. The normalized spacial score (nSPS) is 12.9. The van der Waals surface area contributed by atoms with Crippen molar-refractivity contribution in [3.63, 3.8) is 0 Å². The molecule has 2 aromatic carbocycles. The van der Waals surface area contributed by atoms with Crippen molar-refractivity contribution in [1.82, 2.24) is 0 Å². The van der Waals surface area contributed by atoms with Crippen molar-refractivity contribution >= 4 is 26.7 Å². The summed E-state index contributed by atoms with van der Waals surface area (Å²) in [5.74, 6) is 0. The molecule has 0 aromatic heterocycles. The van der Waals surface area contributed by atoms with Crippen LogP contribution in [0.15, 0.2) is 40.9 Å². The van der Waals surface area contributed by atoms with Crippen LogP contribution in [0.25, 0.3) is 10.8 Å². The van der Waals surface area contributed by atoms with E-state index in [2.05, 4.69) is 59.3 Å². The van der Waals surface area contributed by atoms with Crippen LogP contribution in [0.5, 0.6) is 0 Å². The highest BCUT2D eigenvalue weighted by Gasteiger charge is 2.13. The topological polar surface area (TPSA) is 9.23 Å². The van der Waals surface area contributed by atoms with Crippen LogP contribution in [-0.4, -0.2) is 6.61 Å². The average Bonchev–Trinajstić information content (AvgIpc) is 2.37. The predicted octanol–water partition coefficient (Wildman–Crippen LogP) is 5.09. The van der Waals surface area contributed by atoms with Gasteiger partial charge in [-0.15, -0.1) is 0 Å². The first kappa shape index (κ1) is 12.6. The minimum absolute atomic E-state index is 0.193. The molecule has 1 unspecified atom stereocenters. The van der Waals surface area contributed by atoms with Gasteiger partial charge in [0, 0.05) is 11.1 Å². The monoisotopic (exact) mass is 292 g/mol. The Hall–Kier alpha value is -0.860. The SMILES string of the molecule is CCOC(CC)c1ccc(Br)c2ccccc12. The summed E-state index contributed by atoms with van der Waals surface area (Å²) in [5.41, 5.74) is 1.29. The molecule has 2 aromatic rings. The second kappa shape index (κ2) is 5.65. The van der Waals surface area contributed by atoms with E-state index in [1.54, 1.807) is 0 Å². The van der Waals surface area contributed by atoms with Crippen LogP contribution in [0.2, 0.25) is 0 Å². The third-order valence-electron chi connectivity index (χ3n) is 2.99. The van der Waals surface area contributed by atoms with Crippen molar-refractivity contribution in [2.75, 3.05) is 6.61 Å². The first-order chi connectivity index (χ1) is 8.27. The Kier molecular flexibility index (Phi) is 4.19. The van der Waals surface area contributed by atoms with Gasteiger partial charge in [-0.25, -0.2) is 0 Å². The minimum Gasteiger partial charge on any atom is -0.374 e. The summed E-state index contributed by atoms with van der Waals surface area (Å²) in [6.45, 7) is 4.96. The fourth-order valence-electron chi connectivity index (χ4n) is 2.20. The molecule has 0 aliphatic carbocycles. The molecular weight excluding hydrogens is 276 g/mol. The number of benzene rings is 2. The van der Waals surface area contributed by atoms with Gasteiger partial charge in [-0.1, -0.05) is 53.2 Å². The van der Waals surface area contributed by atoms with E-state index in [0.29, 0.717) is 0 Å². The van der Waals surface area contributed by atoms with Crippen molar-refractivity contribution in [2.45, 2.75) is 26.4 Å². The highest BCUT2D eigenvalue weighted by atomic mass is 79.9. The Morgan fingerprint density at radius 2 is 1.76 bits per heavy atom. The van der Waals surface area contributed by atoms with Crippen molar-refractivity contribution in [1.29, 1.82) is 0 Å². The molecule has 1 nitrogen and oxygen atoms in total. The highest BCUT2D eigenvalue weighted by molar-refractivity contribution is 9.10. The summed E-state index contributed by atoms with van der Waals surface area (Å²) in [6.07, 6.45) is 1.19. The molecule has 0 bridgehead atoms. The molecular formula is C15H17BrO. The van der Waals surface area contributed by atoms with Crippen molar-refractivity contribution in [3.05, 3.63) is 46.4 Å². The Morgan fingerprint density at radius 1 is 1.06 bits per heavy atom. The fourth-order valence-corrected chi connectivity index (χ4v) is 2.67. The minimum atomic E-state index is 0.193. The van der Waals surface area contributed by atoms with Crippen LogP contribution in [0.1, 0.15) is 31.9 Å². The lowest BCUT2D eigenvalue weighted by Gasteiger charge is -2.18. The van der Waals surface area contributed by atoms with Crippen LogP contribution in [-0.2, 0) is 4.74 Å². The van der Waals surface area contributed by atoms with E-state index < -0.39 is 0 Å². The molecule has 17 heavy (non-hydrogen) atoms. The molecule has 0 aliphatic rings. The maximum Gasteiger partial charge on any atom is 0.0828 e. The Morgan fingerprint density at radius 3 is 2.41 bits per heavy atom. The number of hydrogen-bond acceptors (Lipinski definition) is 1. The Bertz CT molecular complexity index is 507. The maximum absolute atomic E-state index is 5.81. The maximum atomic E-state index is 5.81. The van der Waals surface area contributed by atoms with Gasteiger partial charge in [0.15, 0.2) is 0 Å². The van der Waals surface area contributed by atoms with Gasteiger partial charge < -0.3 is 4.74 Å². The van der Waals surface area contributed by atoms with Gasteiger partial charge in [-0.3, -0.25) is 0 Å². The van der Waals surface area contributed by atoms with Gasteiger partial charge in [-0.2, -0.15) is 0 Å². The van der Waals surface area contributed by atoms with E-state index in [1.165, 1.54) is 16.3 Å². The molecule has 0 saturated heterocycles. The first-order valence-electron chi connectivity index (χ1n) is 6.06. The number of rotatable bonds is 4. The molecule has 0 heterocycles. The van der Waals surface area contributed by atoms with Crippen LogP contribution >= 0.6 is 15.9 Å². The van der Waals surface area contributed by atoms with Gasteiger partial charge >= 0.3 is 0 Å². The lowest BCUT2D eigenvalue weighted by Crippen LogP contribution is -2.03. The molecule has 1 atom stereocenters. The number of halogens is 1. The first-order valence-corrected chi connectivity index (χ1v) is 6.86. The average molecular weight is 293 g/mol. The fraction of sp³-hybridized carbons (Fsp3) is 0.333. The van der Waals surface area contributed by atoms with Gasteiger partial charge in [0.25, 0.3) is 0 Å². The van der Waals surface area contributed by atoms with Crippen LogP contribution in [0.4, 0.5) is 0 Å². The van der Waals surface area contributed by atoms with E-state index in [1.807, 2.05) is 6.92 Å². The molecule has 0 N–H and O–H groups in total. The Balaban J connectivity index is 2.57. The summed E-state index contributed by atoms with van der Waals surface area (Å²) >= 11 is 3.60. The van der Waals surface area contributed by atoms with Crippen molar-refractivity contribution in [3.8, 4) is 0 Å². The van der Waals surface area contributed by atoms with E-state index in [4.69, 9.17) is 4.74 Å². The summed E-state index contributed by atoms with van der Waals surface area (Å²) < 4.78 is 6.95. The molecule has 2 rings (SSSR count). The molecule has 90 valence electrons.